The molecule has 0 saturated heterocycles. The molecule has 1 N–H and O–H groups in total. The number of hydrogen-bond acceptors (Lipinski definition) is 2. The summed E-state index contributed by atoms with van der Waals surface area (Å²) < 4.78 is 0. The smallest absolute Gasteiger partial charge is 0.0498 e. The standard InChI is InChI=1S/C19H26N2/c1-14-7-6-8-17(11-14)21(5)13-19(20-4)18-12-15(2)9-10-16(18)3/h6-12,19-20H,13H2,1-5H3. The quantitative estimate of drug-likeness (QED) is 0.891. The maximum absolute atomic E-state index is 3.46. The Labute approximate surface area is 128 Å². The predicted octanol–water partition coefficient (Wildman–Crippen LogP) is 4.01. The molecule has 0 fully saturated rings. The first kappa shape index (κ1) is 15.6. The van der Waals surface area contributed by atoms with Crippen molar-refractivity contribution in [3.05, 3.63) is 64.7 Å². The third kappa shape index (κ3) is 3.85. The van der Waals surface area contributed by atoms with Crippen molar-refractivity contribution in [3.63, 3.8) is 0 Å². The Hall–Kier alpha value is -1.80. The highest BCUT2D eigenvalue weighted by Crippen LogP contribution is 2.22. The van der Waals surface area contributed by atoms with E-state index >= 15 is 0 Å². The van der Waals surface area contributed by atoms with Gasteiger partial charge in [-0.25, -0.2) is 0 Å². The summed E-state index contributed by atoms with van der Waals surface area (Å²) in [6, 6.07) is 15.7. The molecule has 0 aromatic heterocycles. The zero-order chi connectivity index (χ0) is 15.4. The monoisotopic (exact) mass is 282 g/mol. The second-order valence-corrected chi connectivity index (χ2v) is 5.92. The van der Waals surface area contributed by atoms with Crippen LogP contribution in [0, 0.1) is 20.8 Å². The zero-order valence-electron chi connectivity index (χ0n) is 13.8. The summed E-state index contributed by atoms with van der Waals surface area (Å²) in [5.41, 5.74) is 6.61. The molecule has 2 aromatic rings. The Balaban J connectivity index is 2.20. The molecule has 0 aliphatic heterocycles. The van der Waals surface area contributed by atoms with Crippen molar-refractivity contribution in [2.45, 2.75) is 26.8 Å². The molecule has 0 aliphatic rings. The van der Waals surface area contributed by atoms with Gasteiger partial charge < -0.3 is 10.2 Å². The van der Waals surface area contributed by atoms with E-state index in [1.54, 1.807) is 0 Å². The molecular formula is C19H26N2. The van der Waals surface area contributed by atoms with Crippen LogP contribution in [0.3, 0.4) is 0 Å². The van der Waals surface area contributed by atoms with Crippen molar-refractivity contribution in [2.24, 2.45) is 0 Å². The van der Waals surface area contributed by atoms with E-state index in [1.807, 2.05) is 7.05 Å². The number of nitrogens with zero attached hydrogens (tertiary/aromatic N) is 1. The van der Waals surface area contributed by atoms with Crippen molar-refractivity contribution in [1.29, 1.82) is 0 Å². The SMILES string of the molecule is CNC(CN(C)c1cccc(C)c1)c1cc(C)ccc1C. The van der Waals surface area contributed by atoms with Gasteiger partial charge in [-0.05, 0) is 56.6 Å². The van der Waals surface area contributed by atoms with E-state index < -0.39 is 0 Å². The largest absolute Gasteiger partial charge is 0.373 e. The summed E-state index contributed by atoms with van der Waals surface area (Å²) in [7, 11) is 4.20. The van der Waals surface area contributed by atoms with Gasteiger partial charge in [0.25, 0.3) is 0 Å². The molecule has 0 aliphatic carbocycles. The Morgan fingerprint density at radius 3 is 2.38 bits per heavy atom. The molecule has 1 unspecified atom stereocenters. The summed E-state index contributed by atoms with van der Waals surface area (Å²) in [5, 5.41) is 3.46. The number of rotatable bonds is 5. The predicted molar refractivity (Wildman–Crippen MR) is 92.2 cm³/mol. The molecule has 0 spiro atoms. The fourth-order valence-corrected chi connectivity index (χ4v) is 2.73. The minimum Gasteiger partial charge on any atom is -0.373 e. The van der Waals surface area contributed by atoms with Gasteiger partial charge in [-0.3, -0.25) is 0 Å². The van der Waals surface area contributed by atoms with E-state index in [0.29, 0.717) is 6.04 Å². The van der Waals surface area contributed by atoms with Crippen LogP contribution in [0.4, 0.5) is 5.69 Å². The normalized spacial score (nSPS) is 12.2. The topological polar surface area (TPSA) is 15.3 Å². The first-order chi connectivity index (χ1) is 10.0. The van der Waals surface area contributed by atoms with Gasteiger partial charge in [0, 0.05) is 25.3 Å². The first-order valence-corrected chi connectivity index (χ1v) is 7.53. The first-order valence-electron chi connectivity index (χ1n) is 7.53. The molecule has 0 amide bonds. The highest BCUT2D eigenvalue weighted by atomic mass is 15.1. The summed E-state index contributed by atoms with van der Waals surface area (Å²) in [5.74, 6) is 0. The molecule has 2 rings (SSSR count). The van der Waals surface area contributed by atoms with Crippen LogP contribution in [0.2, 0.25) is 0 Å². The van der Waals surface area contributed by atoms with Crippen LogP contribution in [0.15, 0.2) is 42.5 Å². The van der Waals surface area contributed by atoms with Gasteiger partial charge in [0.15, 0.2) is 0 Å². The number of anilines is 1. The summed E-state index contributed by atoms with van der Waals surface area (Å²) in [6.07, 6.45) is 0. The average molecular weight is 282 g/mol. The van der Waals surface area contributed by atoms with E-state index in [1.165, 1.54) is 27.9 Å². The Morgan fingerprint density at radius 2 is 1.71 bits per heavy atom. The molecule has 0 heterocycles. The number of benzene rings is 2. The van der Waals surface area contributed by atoms with Crippen molar-refractivity contribution in [3.8, 4) is 0 Å². The minimum absolute atomic E-state index is 0.329. The van der Waals surface area contributed by atoms with Crippen LogP contribution in [-0.4, -0.2) is 20.6 Å². The third-order valence-electron chi connectivity index (χ3n) is 4.06. The fourth-order valence-electron chi connectivity index (χ4n) is 2.73. The molecule has 0 saturated carbocycles. The van der Waals surface area contributed by atoms with Crippen LogP contribution in [0.1, 0.15) is 28.3 Å². The van der Waals surface area contributed by atoms with Crippen molar-refractivity contribution < 1.29 is 0 Å². The van der Waals surface area contributed by atoms with E-state index in [4.69, 9.17) is 0 Å². The second-order valence-electron chi connectivity index (χ2n) is 5.92. The lowest BCUT2D eigenvalue weighted by molar-refractivity contribution is 0.586. The Morgan fingerprint density at radius 1 is 1.00 bits per heavy atom. The Kier molecular flexibility index (Phi) is 5.03. The van der Waals surface area contributed by atoms with Crippen molar-refractivity contribution >= 4 is 5.69 Å². The molecule has 1 atom stereocenters. The number of nitrogens with one attached hydrogen (secondary N) is 1. The minimum atomic E-state index is 0.329. The van der Waals surface area contributed by atoms with Gasteiger partial charge in [0.2, 0.25) is 0 Å². The molecule has 0 radical (unpaired) electrons. The number of hydrogen-bond donors (Lipinski definition) is 1. The van der Waals surface area contributed by atoms with E-state index in [9.17, 15) is 0 Å². The highest BCUT2D eigenvalue weighted by Gasteiger charge is 2.15. The number of aryl methyl sites for hydroxylation is 3. The van der Waals surface area contributed by atoms with Gasteiger partial charge in [0.1, 0.15) is 0 Å². The summed E-state index contributed by atoms with van der Waals surface area (Å²) >= 11 is 0. The summed E-state index contributed by atoms with van der Waals surface area (Å²) in [4.78, 5) is 2.32. The van der Waals surface area contributed by atoms with E-state index in [-0.39, 0.29) is 0 Å². The second kappa shape index (κ2) is 6.77. The van der Waals surface area contributed by atoms with E-state index in [0.717, 1.165) is 6.54 Å². The molecule has 0 bridgehead atoms. The molecule has 2 aromatic carbocycles. The average Bonchev–Trinajstić information content (AvgIpc) is 2.47. The highest BCUT2D eigenvalue weighted by molar-refractivity contribution is 5.48. The lowest BCUT2D eigenvalue weighted by Crippen LogP contribution is -2.31. The van der Waals surface area contributed by atoms with Crippen molar-refractivity contribution in [1.82, 2.24) is 5.32 Å². The van der Waals surface area contributed by atoms with Crippen LogP contribution in [-0.2, 0) is 0 Å². The maximum atomic E-state index is 3.46. The molecule has 112 valence electrons. The van der Waals surface area contributed by atoms with Gasteiger partial charge >= 0.3 is 0 Å². The van der Waals surface area contributed by atoms with Gasteiger partial charge in [-0.2, -0.15) is 0 Å². The number of likely N-dealkylation sites (N-methyl/N-ethyl adjacent to an activating group) is 2. The lowest BCUT2D eigenvalue weighted by Gasteiger charge is -2.27. The Bertz CT molecular complexity index is 604. The third-order valence-corrected chi connectivity index (χ3v) is 4.06. The van der Waals surface area contributed by atoms with E-state index in [2.05, 4.69) is 80.5 Å². The van der Waals surface area contributed by atoms with Crippen LogP contribution < -0.4 is 10.2 Å². The fraction of sp³-hybridized carbons (Fsp3) is 0.368. The molecule has 2 nitrogen and oxygen atoms in total. The van der Waals surface area contributed by atoms with Crippen molar-refractivity contribution in [2.75, 3.05) is 25.5 Å². The zero-order valence-corrected chi connectivity index (χ0v) is 13.8. The molecule has 21 heavy (non-hydrogen) atoms. The maximum Gasteiger partial charge on any atom is 0.0498 e. The lowest BCUT2D eigenvalue weighted by atomic mass is 9.98. The summed E-state index contributed by atoms with van der Waals surface area (Å²) in [6.45, 7) is 7.42. The van der Waals surface area contributed by atoms with Gasteiger partial charge in [-0.15, -0.1) is 0 Å². The molecule has 2 heteroatoms. The molecular weight excluding hydrogens is 256 g/mol. The van der Waals surface area contributed by atoms with Gasteiger partial charge in [-0.1, -0.05) is 35.9 Å². The van der Waals surface area contributed by atoms with Gasteiger partial charge in [0.05, 0.1) is 0 Å². The van der Waals surface area contributed by atoms with Crippen LogP contribution >= 0.6 is 0 Å². The van der Waals surface area contributed by atoms with Crippen LogP contribution in [0.25, 0.3) is 0 Å². The van der Waals surface area contributed by atoms with Crippen LogP contribution in [0.5, 0.6) is 0 Å².